The lowest BCUT2D eigenvalue weighted by Crippen LogP contribution is -2.59. The zero-order valence-corrected chi connectivity index (χ0v) is 29.5. The molecule has 3 heterocycles. The first-order valence-electron chi connectivity index (χ1n) is 16.9. The average molecular weight is 671 g/mol. The van der Waals surface area contributed by atoms with Crippen molar-refractivity contribution in [2.45, 2.75) is 135 Å². The SMILES string of the molecule is CO[C@@H]1[C@H](O)[C@@H](C)O[C@@H](OCC2/C=C\CCC(=O)C(C)CC(C)C(O[C@@H]3O[C@H](C)C[C@H](OC)[C@H]3O)C(C)/C=C/C(=O)OC2C)[C@@H]1OC. The first-order valence-corrected chi connectivity index (χ1v) is 16.9. The second kappa shape index (κ2) is 18.9. The smallest absolute Gasteiger partial charge is 0.330 e. The van der Waals surface area contributed by atoms with Crippen molar-refractivity contribution in [3.05, 3.63) is 24.3 Å². The van der Waals surface area contributed by atoms with E-state index in [0.717, 1.165) is 0 Å². The second-order valence-electron chi connectivity index (χ2n) is 13.4. The zero-order valence-electron chi connectivity index (χ0n) is 29.5. The molecule has 270 valence electrons. The molecule has 12 heteroatoms. The molecule has 0 aromatic carbocycles. The Morgan fingerprint density at radius 2 is 1.51 bits per heavy atom. The van der Waals surface area contributed by atoms with Gasteiger partial charge in [0.15, 0.2) is 12.6 Å². The maximum atomic E-state index is 13.2. The molecule has 0 aromatic heterocycles. The van der Waals surface area contributed by atoms with Crippen LogP contribution < -0.4 is 0 Å². The Bertz CT molecular complexity index is 1030. The number of Topliss-reactive ketones (excluding diaryl/α,β-unsaturated/α-hetero) is 1. The van der Waals surface area contributed by atoms with E-state index in [0.29, 0.717) is 25.7 Å². The van der Waals surface area contributed by atoms with Gasteiger partial charge in [0.1, 0.15) is 36.3 Å². The fraction of sp³-hybridized carbons (Fsp3) is 0.829. The molecule has 2 saturated heterocycles. The van der Waals surface area contributed by atoms with E-state index in [1.54, 1.807) is 27.0 Å². The number of cyclic esters (lactones) is 1. The summed E-state index contributed by atoms with van der Waals surface area (Å²) < 4.78 is 46.8. The fourth-order valence-corrected chi connectivity index (χ4v) is 6.69. The highest BCUT2D eigenvalue weighted by molar-refractivity contribution is 5.82. The monoisotopic (exact) mass is 670 g/mol. The molecule has 3 aliphatic heterocycles. The summed E-state index contributed by atoms with van der Waals surface area (Å²) in [5.41, 5.74) is 0. The first-order chi connectivity index (χ1) is 22.3. The summed E-state index contributed by atoms with van der Waals surface area (Å²) in [5, 5.41) is 21.4. The van der Waals surface area contributed by atoms with E-state index >= 15 is 0 Å². The number of esters is 1. The van der Waals surface area contributed by atoms with E-state index in [-0.39, 0.29) is 42.2 Å². The summed E-state index contributed by atoms with van der Waals surface area (Å²) in [5.74, 6) is -1.35. The van der Waals surface area contributed by atoms with Gasteiger partial charge in [-0.05, 0) is 39.5 Å². The molecule has 0 saturated carbocycles. The predicted octanol–water partition coefficient (Wildman–Crippen LogP) is 3.36. The molecule has 6 unspecified atom stereocenters. The minimum absolute atomic E-state index is 0.0954. The Balaban J connectivity index is 1.78. The quantitative estimate of drug-likeness (QED) is 0.288. The van der Waals surface area contributed by atoms with Crippen LogP contribution in [0, 0.1) is 23.7 Å². The number of ether oxygens (including phenoxy) is 8. The van der Waals surface area contributed by atoms with Crippen LogP contribution in [0.15, 0.2) is 24.3 Å². The topological polar surface area (TPSA) is 148 Å². The van der Waals surface area contributed by atoms with Gasteiger partial charge in [0.2, 0.25) is 0 Å². The largest absolute Gasteiger partial charge is 0.459 e. The van der Waals surface area contributed by atoms with Crippen molar-refractivity contribution in [2.75, 3.05) is 27.9 Å². The molecule has 0 spiro atoms. The van der Waals surface area contributed by atoms with Crippen molar-refractivity contribution in [2.24, 2.45) is 23.7 Å². The molecular weight excluding hydrogens is 612 g/mol. The van der Waals surface area contributed by atoms with E-state index in [9.17, 15) is 19.8 Å². The number of hydrogen-bond acceptors (Lipinski definition) is 12. The molecule has 47 heavy (non-hydrogen) atoms. The van der Waals surface area contributed by atoms with Crippen molar-refractivity contribution < 1.29 is 57.7 Å². The Morgan fingerprint density at radius 3 is 2.17 bits per heavy atom. The number of carbonyl (C=O) groups excluding carboxylic acids is 2. The van der Waals surface area contributed by atoms with Crippen LogP contribution in [0.3, 0.4) is 0 Å². The maximum absolute atomic E-state index is 13.2. The number of ketones is 1. The van der Waals surface area contributed by atoms with Gasteiger partial charge in [-0.1, -0.05) is 39.0 Å². The van der Waals surface area contributed by atoms with E-state index < -0.39 is 67.4 Å². The molecule has 12 nitrogen and oxygen atoms in total. The van der Waals surface area contributed by atoms with Crippen molar-refractivity contribution >= 4 is 11.8 Å². The number of aliphatic hydroxyl groups excluding tert-OH is 2. The lowest BCUT2D eigenvalue weighted by molar-refractivity contribution is -0.304. The number of carbonyl (C=O) groups is 2. The molecule has 0 bridgehead atoms. The van der Waals surface area contributed by atoms with Crippen LogP contribution in [0.5, 0.6) is 0 Å². The third-order valence-corrected chi connectivity index (χ3v) is 9.68. The Kier molecular flexibility index (Phi) is 15.9. The Labute approximate surface area is 280 Å². The third kappa shape index (κ3) is 10.9. The molecule has 3 aliphatic rings. The Morgan fingerprint density at radius 1 is 0.809 bits per heavy atom. The van der Waals surface area contributed by atoms with Gasteiger partial charge in [0.25, 0.3) is 0 Å². The van der Waals surface area contributed by atoms with Crippen LogP contribution in [-0.2, 0) is 47.5 Å². The highest BCUT2D eigenvalue weighted by Gasteiger charge is 2.45. The molecule has 2 fully saturated rings. The lowest BCUT2D eigenvalue weighted by Gasteiger charge is -2.42. The van der Waals surface area contributed by atoms with Gasteiger partial charge in [-0.25, -0.2) is 4.79 Å². The highest BCUT2D eigenvalue weighted by atomic mass is 16.7. The molecular formula is C35H58O12. The second-order valence-corrected chi connectivity index (χ2v) is 13.4. The molecule has 3 rings (SSSR count). The van der Waals surface area contributed by atoms with Gasteiger partial charge >= 0.3 is 5.97 Å². The molecule has 0 amide bonds. The van der Waals surface area contributed by atoms with Crippen molar-refractivity contribution in [3.8, 4) is 0 Å². The molecule has 2 N–H and O–H groups in total. The first kappa shape index (κ1) is 39.7. The lowest BCUT2D eigenvalue weighted by atomic mass is 9.84. The normalized spacial score (nSPS) is 44.4. The van der Waals surface area contributed by atoms with E-state index in [1.807, 2.05) is 39.8 Å². The summed E-state index contributed by atoms with van der Waals surface area (Å²) in [7, 11) is 4.55. The van der Waals surface area contributed by atoms with E-state index in [1.165, 1.54) is 20.3 Å². The number of allylic oxidation sites excluding steroid dienone is 1. The van der Waals surface area contributed by atoms with Crippen LogP contribution in [-0.4, -0.2) is 117 Å². The predicted molar refractivity (Wildman–Crippen MR) is 172 cm³/mol. The van der Waals surface area contributed by atoms with Crippen molar-refractivity contribution in [1.82, 2.24) is 0 Å². The minimum atomic E-state index is -0.984. The summed E-state index contributed by atoms with van der Waals surface area (Å²) in [6.45, 7) is 11.4. The van der Waals surface area contributed by atoms with Gasteiger partial charge in [0.05, 0.1) is 31.0 Å². The van der Waals surface area contributed by atoms with Crippen LogP contribution in [0.1, 0.15) is 67.2 Å². The number of hydrogen-bond donors (Lipinski definition) is 2. The van der Waals surface area contributed by atoms with Crippen LogP contribution in [0.2, 0.25) is 0 Å². The van der Waals surface area contributed by atoms with Gasteiger partial charge in [0, 0.05) is 58.0 Å². The summed E-state index contributed by atoms with van der Waals surface area (Å²) in [4.78, 5) is 26.3. The van der Waals surface area contributed by atoms with E-state index in [4.69, 9.17) is 37.9 Å². The standard InChI is InChI=1S/C35H58O12/c1-19-14-15-28(37)45-23(5)25(18-43-35-33(42-9)32(41-8)29(38)24(6)46-35)12-10-11-13-26(36)20(2)16-21(3)31(19)47-34-30(39)27(40-7)17-22(4)44-34/h10,12,14-15,19-25,27,29-35,38-39H,11,13,16-18H2,1-9H3/b12-10-,15-14+/t19?,20?,21?,22-,23?,24-,25?,27+,29-,30-,31?,32-,33-,34+,35-/m1/s1. The molecule has 0 radical (unpaired) electrons. The van der Waals surface area contributed by atoms with Gasteiger partial charge in [-0.3, -0.25) is 4.79 Å². The molecule has 0 aliphatic carbocycles. The van der Waals surface area contributed by atoms with Crippen LogP contribution in [0.4, 0.5) is 0 Å². The maximum Gasteiger partial charge on any atom is 0.330 e. The van der Waals surface area contributed by atoms with Crippen LogP contribution >= 0.6 is 0 Å². The number of rotatable bonds is 8. The summed E-state index contributed by atoms with van der Waals surface area (Å²) in [6.07, 6.45) is 1.76. The highest BCUT2D eigenvalue weighted by Crippen LogP contribution is 2.32. The molecule has 0 aromatic rings. The number of aliphatic hydroxyl groups is 2. The molecule has 15 atom stereocenters. The van der Waals surface area contributed by atoms with Gasteiger partial charge in [-0.2, -0.15) is 0 Å². The minimum Gasteiger partial charge on any atom is -0.459 e. The van der Waals surface area contributed by atoms with Crippen LogP contribution in [0.25, 0.3) is 0 Å². The zero-order chi connectivity index (χ0) is 34.8. The summed E-state index contributed by atoms with van der Waals surface area (Å²) in [6, 6.07) is 0. The summed E-state index contributed by atoms with van der Waals surface area (Å²) >= 11 is 0. The van der Waals surface area contributed by atoms with E-state index in [2.05, 4.69) is 0 Å². The fourth-order valence-electron chi connectivity index (χ4n) is 6.69. The third-order valence-electron chi connectivity index (χ3n) is 9.68. The Hall–Kier alpha value is -1.74. The van der Waals surface area contributed by atoms with Gasteiger partial charge in [-0.15, -0.1) is 0 Å². The van der Waals surface area contributed by atoms with Gasteiger partial charge < -0.3 is 48.1 Å². The number of methoxy groups -OCH3 is 3. The average Bonchev–Trinajstić information content (AvgIpc) is 3.03. The van der Waals surface area contributed by atoms with Crippen molar-refractivity contribution in [3.63, 3.8) is 0 Å². The van der Waals surface area contributed by atoms with Crippen molar-refractivity contribution in [1.29, 1.82) is 0 Å².